The molecule has 4 heteroatoms. The highest BCUT2D eigenvalue weighted by Gasteiger charge is 2.31. The van der Waals surface area contributed by atoms with Crippen molar-refractivity contribution in [2.45, 2.75) is 96.8 Å². The molecule has 0 aromatic heterocycles. The van der Waals surface area contributed by atoms with Crippen molar-refractivity contribution in [2.75, 3.05) is 0 Å². The van der Waals surface area contributed by atoms with Crippen LogP contribution in [-0.4, -0.2) is 5.78 Å². The number of alkyl halides is 2. The number of benzene rings is 1. The highest BCUT2D eigenvalue weighted by molar-refractivity contribution is 5.97. The van der Waals surface area contributed by atoms with E-state index in [0.717, 1.165) is 57.8 Å². The molecule has 0 radical (unpaired) electrons. The van der Waals surface area contributed by atoms with E-state index in [2.05, 4.69) is 13.8 Å². The highest BCUT2D eigenvalue weighted by atomic mass is 19.3. The average molecular weight is 409 g/mol. The number of halogens is 3. The van der Waals surface area contributed by atoms with Gasteiger partial charge in [0.2, 0.25) is 0 Å². The molecule has 0 bridgehead atoms. The molecule has 0 aliphatic heterocycles. The average Bonchev–Trinajstić information content (AvgIpc) is 2.70. The summed E-state index contributed by atoms with van der Waals surface area (Å²) in [6.07, 6.45) is 7.45. The SMILES string of the molecule is CCCC1CCC(c2ccc(C(=O)CC3CCC(C)CC3)c(C(F)F)c2F)CC1. The van der Waals surface area contributed by atoms with Crippen LogP contribution in [0.2, 0.25) is 0 Å². The largest absolute Gasteiger partial charge is 0.294 e. The lowest BCUT2D eigenvalue weighted by Gasteiger charge is -2.29. The van der Waals surface area contributed by atoms with E-state index >= 15 is 4.39 Å². The van der Waals surface area contributed by atoms with Gasteiger partial charge in [0.15, 0.2) is 5.78 Å². The van der Waals surface area contributed by atoms with Gasteiger partial charge in [-0.25, -0.2) is 13.2 Å². The van der Waals surface area contributed by atoms with Gasteiger partial charge in [0.25, 0.3) is 6.43 Å². The number of hydrogen-bond donors (Lipinski definition) is 0. The van der Waals surface area contributed by atoms with Crippen LogP contribution in [-0.2, 0) is 0 Å². The molecule has 29 heavy (non-hydrogen) atoms. The number of carbonyl (C=O) groups is 1. The molecule has 1 aromatic rings. The van der Waals surface area contributed by atoms with Crippen LogP contribution in [0.4, 0.5) is 13.2 Å². The van der Waals surface area contributed by atoms with Crippen molar-refractivity contribution in [2.24, 2.45) is 17.8 Å². The van der Waals surface area contributed by atoms with Crippen LogP contribution in [0.15, 0.2) is 12.1 Å². The maximum absolute atomic E-state index is 15.2. The predicted molar refractivity (Wildman–Crippen MR) is 111 cm³/mol. The summed E-state index contributed by atoms with van der Waals surface area (Å²) in [5.41, 5.74) is -0.370. The van der Waals surface area contributed by atoms with E-state index < -0.39 is 17.8 Å². The Bertz CT molecular complexity index is 684. The second kappa shape index (κ2) is 10.1. The molecule has 0 unspecified atom stereocenters. The molecule has 2 aliphatic carbocycles. The number of rotatable bonds is 7. The Hall–Kier alpha value is -1.32. The smallest absolute Gasteiger partial charge is 0.267 e. The van der Waals surface area contributed by atoms with Crippen LogP contribution in [0.3, 0.4) is 0 Å². The van der Waals surface area contributed by atoms with Crippen LogP contribution in [0.25, 0.3) is 0 Å². The number of Topliss-reactive ketones (excluding diaryl/α,β-unsaturated/α-hetero) is 1. The Morgan fingerprint density at radius 2 is 1.62 bits per heavy atom. The second-order valence-corrected chi connectivity index (χ2v) is 9.49. The monoisotopic (exact) mass is 408 g/mol. The first kappa shape index (κ1) is 22.4. The Morgan fingerprint density at radius 1 is 1.00 bits per heavy atom. The minimum absolute atomic E-state index is 0.00964. The Labute approximate surface area is 173 Å². The molecule has 1 nitrogen and oxygen atoms in total. The molecule has 0 saturated heterocycles. The number of hydrogen-bond acceptors (Lipinski definition) is 1. The van der Waals surface area contributed by atoms with Gasteiger partial charge in [-0.1, -0.05) is 51.7 Å². The van der Waals surface area contributed by atoms with Crippen LogP contribution in [0.5, 0.6) is 0 Å². The molecule has 0 amide bonds. The zero-order valence-corrected chi connectivity index (χ0v) is 17.9. The van der Waals surface area contributed by atoms with Crippen LogP contribution >= 0.6 is 0 Å². The summed E-state index contributed by atoms with van der Waals surface area (Å²) in [6.45, 7) is 4.38. The summed E-state index contributed by atoms with van der Waals surface area (Å²) in [6, 6.07) is 3.09. The summed E-state index contributed by atoms with van der Waals surface area (Å²) in [5.74, 6) is 0.416. The van der Waals surface area contributed by atoms with E-state index in [1.54, 1.807) is 6.07 Å². The maximum Gasteiger partial charge on any atom is 0.267 e. The Balaban J connectivity index is 1.75. The van der Waals surface area contributed by atoms with E-state index in [0.29, 0.717) is 17.4 Å². The first-order valence-corrected chi connectivity index (χ1v) is 11.5. The fourth-order valence-electron chi connectivity index (χ4n) is 5.46. The third kappa shape index (κ3) is 5.44. The minimum atomic E-state index is -2.96. The van der Waals surface area contributed by atoms with Gasteiger partial charge in [0, 0.05) is 12.0 Å². The van der Waals surface area contributed by atoms with Crippen molar-refractivity contribution in [3.05, 3.63) is 34.6 Å². The fourth-order valence-corrected chi connectivity index (χ4v) is 5.46. The molecule has 0 atom stereocenters. The van der Waals surface area contributed by atoms with Gasteiger partial charge in [0.1, 0.15) is 5.82 Å². The molecule has 1 aromatic carbocycles. The fraction of sp³-hybridized carbons (Fsp3) is 0.720. The van der Waals surface area contributed by atoms with Crippen LogP contribution < -0.4 is 0 Å². The van der Waals surface area contributed by atoms with Gasteiger partial charge in [-0.3, -0.25) is 4.79 Å². The molecule has 3 rings (SSSR count). The summed E-state index contributed by atoms with van der Waals surface area (Å²) in [7, 11) is 0. The lowest BCUT2D eigenvalue weighted by molar-refractivity contribution is 0.0927. The first-order valence-electron chi connectivity index (χ1n) is 11.5. The van der Waals surface area contributed by atoms with Crippen molar-refractivity contribution in [1.29, 1.82) is 0 Å². The summed E-state index contributed by atoms with van der Waals surface area (Å²) < 4.78 is 42.8. The Morgan fingerprint density at radius 3 is 2.21 bits per heavy atom. The predicted octanol–water partition coefficient (Wildman–Crippen LogP) is 8.24. The van der Waals surface area contributed by atoms with E-state index in [1.807, 2.05) is 0 Å². The third-order valence-corrected chi connectivity index (χ3v) is 7.32. The molecule has 0 spiro atoms. The molecule has 0 heterocycles. The van der Waals surface area contributed by atoms with Gasteiger partial charge in [-0.15, -0.1) is 0 Å². The lowest BCUT2D eigenvalue weighted by atomic mass is 9.76. The van der Waals surface area contributed by atoms with Gasteiger partial charge in [-0.2, -0.15) is 0 Å². The van der Waals surface area contributed by atoms with Gasteiger partial charge in [-0.05, 0) is 67.8 Å². The van der Waals surface area contributed by atoms with E-state index in [4.69, 9.17) is 0 Å². The van der Waals surface area contributed by atoms with E-state index in [-0.39, 0.29) is 29.6 Å². The summed E-state index contributed by atoms with van der Waals surface area (Å²) in [5, 5.41) is 0. The minimum Gasteiger partial charge on any atom is -0.294 e. The Kier molecular flexibility index (Phi) is 7.81. The molecule has 2 fully saturated rings. The maximum atomic E-state index is 15.2. The van der Waals surface area contributed by atoms with Gasteiger partial charge >= 0.3 is 0 Å². The normalized spacial score (nSPS) is 27.9. The summed E-state index contributed by atoms with van der Waals surface area (Å²) >= 11 is 0. The van der Waals surface area contributed by atoms with Crippen molar-refractivity contribution in [3.8, 4) is 0 Å². The second-order valence-electron chi connectivity index (χ2n) is 9.49. The van der Waals surface area contributed by atoms with E-state index in [1.165, 1.54) is 12.5 Å². The van der Waals surface area contributed by atoms with E-state index in [9.17, 15) is 13.6 Å². The molecular weight excluding hydrogens is 373 g/mol. The van der Waals surface area contributed by atoms with Crippen molar-refractivity contribution < 1.29 is 18.0 Å². The highest BCUT2D eigenvalue weighted by Crippen LogP contribution is 2.41. The van der Waals surface area contributed by atoms with Crippen LogP contribution in [0, 0.1) is 23.6 Å². The van der Waals surface area contributed by atoms with Crippen molar-refractivity contribution >= 4 is 5.78 Å². The third-order valence-electron chi connectivity index (χ3n) is 7.32. The number of ketones is 1. The van der Waals surface area contributed by atoms with Gasteiger partial charge in [0.05, 0.1) is 5.56 Å². The topological polar surface area (TPSA) is 17.1 Å². The van der Waals surface area contributed by atoms with Gasteiger partial charge < -0.3 is 0 Å². The van der Waals surface area contributed by atoms with Crippen molar-refractivity contribution in [1.82, 2.24) is 0 Å². The lowest BCUT2D eigenvalue weighted by Crippen LogP contribution is -2.19. The van der Waals surface area contributed by atoms with Crippen LogP contribution in [0.1, 0.15) is 118 Å². The molecule has 162 valence electrons. The first-order chi connectivity index (χ1) is 13.9. The standard InChI is InChI=1S/C25H35F3O/c1-3-4-17-9-11-19(12-10-17)20-13-14-21(23(24(20)26)25(27)28)22(29)15-18-7-5-16(2)6-8-18/h13-14,16-19,25H,3-12,15H2,1-2H3. The molecular formula is C25H35F3O. The zero-order chi connectivity index (χ0) is 21.0. The van der Waals surface area contributed by atoms with Crippen molar-refractivity contribution in [3.63, 3.8) is 0 Å². The quantitative estimate of drug-likeness (QED) is 0.415. The molecule has 0 N–H and O–H groups in total. The molecule has 2 saturated carbocycles. The zero-order valence-electron chi connectivity index (χ0n) is 17.9. The summed E-state index contributed by atoms with van der Waals surface area (Å²) in [4.78, 5) is 12.8. The number of carbonyl (C=O) groups excluding carboxylic acids is 1. The molecule has 2 aliphatic rings.